The molecular formula is C18H16N3+. The summed E-state index contributed by atoms with van der Waals surface area (Å²) in [6, 6.07) is 8.21. The summed E-state index contributed by atoms with van der Waals surface area (Å²) in [6.45, 7) is 14.8. The van der Waals surface area contributed by atoms with E-state index in [0.717, 1.165) is 23.1 Å². The van der Waals surface area contributed by atoms with E-state index in [-0.39, 0.29) is 0 Å². The molecule has 102 valence electrons. The van der Waals surface area contributed by atoms with E-state index in [2.05, 4.69) is 53.3 Å². The van der Waals surface area contributed by atoms with Gasteiger partial charge in [-0.1, -0.05) is 18.2 Å². The first-order valence-corrected chi connectivity index (χ1v) is 7.13. The Labute approximate surface area is 123 Å². The summed E-state index contributed by atoms with van der Waals surface area (Å²) in [4.78, 5) is 3.71. The maximum atomic E-state index is 7.45. The molecule has 0 amide bonds. The van der Waals surface area contributed by atoms with Crippen LogP contribution in [0.15, 0.2) is 30.5 Å². The predicted octanol–water partition coefficient (Wildman–Crippen LogP) is 3.76. The Morgan fingerprint density at radius 1 is 1.19 bits per heavy atom. The molecule has 0 radical (unpaired) electrons. The zero-order chi connectivity index (χ0) is 14.7. The Balaban J connectivity index is 2.20. The molecule has 4 rings (SSSR count). The Bertz CT molecular complexity index is 955. The van der Waals surface area contributed by atoms with Crippen LogP contribution in [0.5, 0.6) is 0 Å². The van der Waals surface area contributed by atoms with Crippen LogP contribution in [0.1, 0.15) is 22.3 Å². The molecule has 0 bridgehead atoms. The first-order chi connectivity index (χ1) is 10.1. The van der Waals surface area contributed by atoms with Crippen LogP contribution in [0.3, 0.4) is 0 Å². The van der Waals surface area contributed by atoms with Crippen LogP contribution in [0.4, 0.5) is 5.69 Å². The zero-order valence-corrected chi connectivity index (χ0v) is 12.4. The summed E-state index contributed by atoms with van der Waals surface area (Å²) >= 11 is 0. The number of rotatable bonds is 0. The maximum Gasteiger partial charge on any atom is 0.217 e. The number of fused-ring (bicyclic) bond motifs is 5. The summed E-state index contributed by atoms with van der Waals surface area (Å²) in [7, 11) is 0. The molecule has 2 aromatic carbocycles. The molecule has 3 nitrogen and oxygen atoms in total. The quantitative estimate of drug-likeness (QED) is 0.342. The third-order valence-corrected chi connectivity index (χ3v) is 4.60. The van der Waals surface area contributed by atoms with E-state index >= 15 is 0 Å². The van der Waals surface area contributed by atoms with E-state index < -0.39 is 0 Å². The van der Waals surface area contributed by atoms with E-state index in [1.165, 1.54) is 27.9 Å². The van der Waals surface area contributed by atoms with Crippen molar-refractivity contribution in [2.75, 3.05) is 0 Å². The van der Waals surface area contributed by atoms with Gasteiger partial charge in [-0.3, -0.25) is 0 Å². The molecule has 1 aromatic heterocycles. The summed E-state index contributed by atoms with van der Waals surface area (Å²) in [5.41, 5.74) is 8.33. The van der Waals surface area contributed by atoms with E-state index in [1.807, 2.05) is 12.1 Å². The van der Waals surface area contributed by atoms with Crippen molar-refractivity contribution in [1.82, 2.24) is 4.68 Å². The van der Waals surface area contributed by atoms with Gasteiger partial charge in [0.2, 0.25) is 11.9 Å². The maximum absolute atomic E-state index is 7.45. The molecule has 0 spiro atoms. The van der Waals surface area contributed by atoms with Gasteiger partial charge in [-0.25, -0.2) is 4.85 Å². The highest BCUT2D eigenvalue weighted by Crippen LogP contribution is 2.35. The Hall–Kier alpha value is -2.60. The molecule has 0 N–H and O–H groups in total. The lowest BCUT2D eigenvalue weighted by Crippen LogP contribution is -2.36. The van der Waals surface area contributed by atoms with Gasteiger partial charge in [-0.05, 0) is 43.5 Å². The SMILES string of the molecule is [C-]#[N+]c1cccc2c[n+]3n(c12)-c1c(C)c(C)cc(C)c1C3. The first kappa shape index (κ1) is 12.2. The third kappa shape index (κ3) is 1.45. The smallest absolute Gasteiger partial charge is 0.217 e. The molecule has 0 saturated carbocycles. The summed E-state index contributed by atoms with van der Waals surface area (Å²) in [5, 5.41) is 1.13. The zero-order valence-electron chi connectivity index (χ0n) is 12.4. The van der Waals surface area contributed by atoms with Crippen LogP contribution in [0, 0.1) is 27.3 Å². The Morgan fingerprint density at radius 3 is 2.76 bits per heavy atom. The van der Waals surface area contributed by atoms with E-state index in [0.29, 0.717) is 0 Å². The second-order valence-electron chi connectivity index (χ2n) is 5.83. The number of benzene rings is 2. The molecule has 3 heteroatoms. The molecule has 0 atom stereocenters. The number of aromatic nitrogens is 2. The predicted molar refractivity (Wildman–Crippen MR) is 83.0 cm³/mol. The minimum Gasteiger partial charge on any atom is -0.236 e. The molecule has 1 aliphatic rings. The number of hydrogen-bond donors (Lipinski definition) is 0. The van der Waals surface area contributed by atoms with Crippen molar-refractivity contribution in [2.24, 2.45) is 0 Å². The van der Waals surface area contributed by atoms with Gasteiger partial charge in [0.05, 0.1) is 17.5 Å². The van der Waals surface area contributed by atoms with Gasteiger partial charge < -0.3 is 0 Å². The lowest BCUT2D eigenvalue weighted by atomic mass is 9.98. The highest BCUT2D eigenvalue weighted by Gasteiger charge is 2.32. The number of hydrogen-bond acceptors (Lipinski definition) is 0. The monoisotopic (exact) mass is 274 g/mol. The van der Waals surface area contributed by atoms with Crippen molar-refractivity contribution < 1.29 is 4.68 Å². The van der Waals surface area contributed by atoms with Crippen molar-refractivity contribution in [2.45, 2.75) is 27.3 Å². The molecule has 0 fully saturated rings. The van der Waals surface area contributed by atoms with Crippen molar-refractivity contribution in [3.8, 4) is 5.69 Å². The van der Waals surface area contributed by atoms with Gasteiger partial charge in [0, 0.05) is 0 Å². The lowest BCUT2D eigenvalue weighted by Gasteiger charge is -2.09. The summed E-state index contributed by atoms with van der Waals surface area (Å²) < 4.78 is 4.46. The van der Waals surface area contributed by atoms with Crippen LogP contribution in [-0.4, -0.2) is 4.68 Å². The van der Waals surface area contributed by atoms with Crippen molar-refractivity contribution in [3.05, 3.63) is 64.1 Å². The molecule has 21 heavy (non-hydrogen) atoms. The fourth-order valence-corrected chi connectivity index (χ4v) is 3.45. The van der Waals surface area contributed by atoms with Crippen LogP contribution in [-0.2, 0) is 6.54 Å². The Kier molecular flexibility index (Phi) is 2.29. The first-order valence-electron chi connectivity index (χ1n) is 7.13. The van der Waals surface area contributed by atoms with Crippen molar-refractivity contribution in [3.63, 3.8) is 0 Å². The van der Waals surface area contributed by atoms with Gasteiger partial charge in [0.15, 0.2) is 6.54 Å². The largest absolute Gasteiger partial charge is 0.236 e. The second-order valence-corrected chi connectivity index (χ2v) is 5.83. The average Bonchev–Trinajstić information content (AvgIpc) is 3.00. The van der Waals surface area contributed by atoms with Crippen LogP contribution in [0.2, 0.25) is 0 Å². The normalized spacial score (nSPS) is 12.3. The fourth-order valence-electron chi connectivity index (χ4n) is 3.45. The standard InChI is InChI=1S/C18H16N3/c1-11-8-12(2)15-10-20-9-14-6-5-7-16(19-4)18(14)21(20)17(15)13(11)3/h5-9H,10H2,1-3H3/q+1. The number of aryl methyl sites for hydroxylation is 2. The molecule has 1 aliphatic heterocycles. The Morgan fingerprint density at radius 2 is 2.00 bits per heavy atom. The lowest BCUT2D eigenvalue weighted by molar-refractivity contribution is -0.749. The fraction of sp³-hybridized carbons (Fsp3) is 0.222. The van der Waals surface area contributed by atoms with Crippen LogP contribution in [0.25, 0.3) is 21.4 Å². The van der Waals surface area contributed by atoms with Gasteiger partial charge >= 0.3 is 0 Å². The van der Waals surface area contributed by atoms with E-state index in [1.54, 1.807) is 0 Å². The number of para-hydroxylation sites is 1. The highest BCUT2D eigenvalue weighted by molar-refractivity contribution is 5.92. The van der Waals surface area contributed by atoms with Crippen molar-refractivity contribution >= 4 is 16.6 Å². The average molecular weight is 274 g/mol. The molecule has 0 saturated heterocycles. The third-order valence-electron chi connectivity index (χ3n) is 4.60. The molecule has 3 aromatic rings. The molecule has 2 heterocycles. The van der Waals surface area contributed by atoms with Crippen LogP contribution < -0.4 is 4.68 Å². The summed E-state index contributed by atoms with van der Waals surface area (Å²) in [6.07, 6.45) is 2.15. The topological polar surface area (TPSA) is 13.2 Å². The second kappa shape index (κ2) is 3.95. The van der Waals surface area contributed by atoms with Gasteiger partial charge in [-0.2, -0.15) is 0 Å². The molecule has 0 aliphatic carbocycles. The van der Waals surface area contributed by atoms with Crippen molar-refractivity contribution in [1.29, 1.82) is 0 Å². The van der Waals surface area contributed by atoms with E-state index in [4.69, 9.17) is 6.57 Å². The molecule has 0 unspecified atom stereocenters. The van der Waals surface area contributed by atoms with Gasteiger partial charge in [0.25, 0.3) is 0 Å². The summed E-state index contributed by atoms with van der Waals surface area (Å²) in [5.74, 6) is 0. The van der Waals surface area contributed by atoms with Gasteiger partial charge in [0.1, 0.15) is 11.2 Å². The molecular weight excluding hydrogens is 258 g/mol. The highest BCUT2D eigenvalue weighted by atomic mass is 15.4. The van der Waals surface area contributed by atoms with Crippen LogP contribution >= 0.6 is 0 Å². The van der Waals surface area contributed by atoms with Gasteiger partial charge in [-0.15, -0.1) is 9.36 Å². The number of nitrogens with zero attached hydrogens (tertiary/aromatic N) is 3. The minimum absolute atomic E-state index is 0.720. The van der Waals surface area contributed by atoms with E-state index in [9.17, 15) is 0 Å². The minimum atomic E-state index is 0.720.